The summed E-state index contributed by atoms with van der Waals surface area (Å²) in [7, 11) is 0. The summed E-state index contributed by atoms with van der Waals surface area (Å²) >= 11 is 0. The van der Waals surface area contributed by atoms with Crippen molar-refractivity contribution in [3.63, 3.8) is 0 Å². The Bertz CT molecular complexity index is 241. The SMILES string of the molecule is NC(CN1CC2CCC(C1)O2)C1CCCCC1. The molecule has 2 N–H and O–H groups in total. The van der Waals surface area contributed by atoms with Crippen LogP contribution >= 0.6 is 0 Å². The first-order chi connectivity index (χ1) is 8.31. The van der Waals surface area contributed by atoms with Crippen molar-refractivity contribution in [3.8, 4) is 0 Å². The molecular weight excluding hydrogens is 212 g/mol. The van der Waals surface area contributed by atoms with Crippen LogP contribution in [0.2, 0.25) is 0 Å². The monoisotopic (exact) mass is 238 g/mol. The van der Waals surface area contributed by atoms with E-state index < -0.39 is 0 Å². The van der Waals surface area contributed by atoms with Crippen LogP contribution in [0.25, 0.3) is 0 Å². The number of morpholine rings is 1. The molecule has 3 aliphatic rings. The largest absolute Gasteiger partial charge is 0.372 e. The molecule has 0 aromatic carbocycles. The van der Waals surface area contributed by atoms with Crippen LogP contribution in [0.1, 0.15) is 44.9 Å². The molecule has 3 fully saturated rings. The summed E-state index contributed by atoms with van der Waals surface area (Å²) in [5.74, 6) is 0.782. The predicted molar refractivity (Wildman–Crippen MR) is 68.9 cm³/mol. The van der Waals surface area contributed by atoms with E-state index in [2.05, 4.69) is 4.90 Å². The van der Waals surface area contributed by atoms with E-state index in [9.17, 15) is 0 Å². The average molecular weight is 238 g/mol. The van der Waals surface area contributed by atoms with Gasteiger partial charge in [-0.05, 0) is 31.6 Å². The summed E-state index contributed by atoms with van der Waals surface area (Å²) in [6.07, 6.45) is 10.5. The molecule has 3 heteroatoms. The lowest BCUT2D eigenvalue weighted by atomic mass is 9.84. The topological polar surface area (TPSA) is 38.5 Å². The first kappa shape index (κ1) is 11.9. The second-order valence-corrected chi connectivity index (χ2v) is 6.24. The Morgan fingerprint density at radius 3 is 2.29 bits per heavy atom. The molecule has 0 aromatic rings. The summed E-state index contributed by atoms with van der Waals surface area (Å²) in [5.41, 5.74) is 6.41. The van der Waals surface area contributed by atoms with Crippen LogP contribution in [0, 0.1) is 5.92 Å². The number of nitrogens with zero attached hydrogens (tertiary/aromatic N) is 1. The minimum atomic E-state index is 0.396. The third-order valence-corrected chi connectivity index (χ3v) is 4.84. The summed E-state index contributed by atoms with van der Waals surface area (Å²) < 4.78 is 5.87. The average Bonchev–Trinajstić information content (AvgIpc) is 2.70. The minimum absolute atomic E-state index is 0.396. The Hall–Kier alpha value is -0.120. The highest BCUT2D eigenvalue weighted by Gasteiger charge is 2.34. The lowest BCUT2D eigenvalue weighted by Crippen LogP contribution is -2.49. The van der Waals surface area contributed by atoms with Gasteiger partial charge in [0.05, 0.1) is 12.2 Å². The van der Waals surface area contributed by atoms with Crippen LogP contribution in [-0.2, 0) is 4.74 Å². The number of hydrogen-bond donors (Lipinski definition) is 1. The minimum Gasteiger partial charge on any atom is -0.372 e. The molecule has 0 radical (unpaired) electrons. The van der Waals surface area contributed by atoms with E-state index in [0.29, 0.717) is 18.2 Å². The van der Waals surface area contributed by atoms with Gasteiger partial charge in [0.15, 0.2) is 0 Å². The standard InChI is InChI=1S/C14H26N2O/c15-14(11-4-2-1-3-5-11)10-16-8-12-6-7-13(9-16)17-12/h11-14H,1-10,15H2. The van der Waals surface area contributed by atoms with E-state index in [-0.39, 0.29) is 0 Å². The van der Waals surface area contributed by atoms with Crippen LogP contribution < -0.4 is 5.73 Å². The molecular formula is C14H26N2O. The van der Waals surface area contributed by atoms with Gasteiger partial charge in [-0.15, -0.1) is 0 Å². The summed E-state index contributed by atoms with van der Waals surface area (Å²) in [5, 5.41) is 0. The highest BCUT2D eigenvalue weighted by Crippen LogP contribution is 2.29. The molecule has 3 atom stereocenters. The maximum absolute atomic E-state index is 6.41. The smallest absolute Gasteiger partial charge is 0.0707 e. The Labute approximate surface area is 105 Å². The van der Waals surface area contributed by atoms with E-state index in [0.717, 1.165) is 25.6 Å². The van der Waals surface area contributed by atoms with Gasteiger partial charge in [0.1, 0.15) is 0 Å². The Morgan fingerprint density at radius 1 is 1.00 bits per heavy atom. The number of nitrogens with two attached hydrogens (primary N) is 1. The number of fused-ring (bicyclic) bond motifs is 2. The number of rotatable bonds is 3. The van der Waals surface area contributed by atoms with Crippen LogP contribution in [0.5, 0.6) is 0 Å². The lowest BCUT2D eigenvalue weighted by Gasteiger charge is -2.36. The molecule has 2 aliphatic heterocycles. The van der Waals surface area contributed by atoms with Crippen molar-refractivity contribution in [1.82, 2.24) is 4.90 Å². The van der Waals surface area contributed by atoms with Gasteiger partial charge < -0.3 is 10.5 Å². The number of hydrogen-bond acceptors (Lipinski definition) is 3. The maximum Gasteiger partial charge on any atom is 0.0707 e. The molecule has 2 heterocycles. The van der Waals surface area contributed by atoms with E-state index in [4.69, 9.17) is 10.5 Å². The van der Waals surface area contributed by atoms with Gasteiger partial charge in [0.2, 0.25) is 0 Å². The second-order valence-electron chi connectivity index (χ2n) is 6.24. The molecule has 3 unspecified atom stereocenters. The zero-order valence-corrected chi connectivity index (χ0v) is 10.8. The van der Waals surface area contributed by atoms with E-state index in [1.165, 1.54) is 44.9 Å². The molecule has 3 nitrogen and oxygen atoms in total. The highest BCUT2D eigenvalue weighted by atomic mass is 16.5. The lowest BCUT2D eigenvalue weighted by molar-refractivity contribution is -0.0415. The van der Waals surface area contributed by atoms with Crippen molar-refractivity contribution >= 4 is 0 Å². The van der Waals surface area contributed by atoms with Crippen LogP contribution in [0.15, 0.2) is 0 Å². The third-order valence-electron chi connectivity index (χ3n) is 4.84. The first-order valence-electron chi connectivity index (χ1n) is 7.44. The molecule has 1 saturated carbocycles. The highest BCUT2D eigenvalue weighted by molar-refractivity contribution is 4.88. The van der Waals surface area contributed by atoms with Crippen LogP contribution in [0.4, 0.5) is 0 Å². The number of likely N-dealkylation sites (tertiary alicyclic amines) is 1. The van der Waals surface area contributed by atoms with Crippen molar-refractivity contribution in [1.29, 1.82) is 0 Å². The molecule has 3 rings (SSSR count). The van der Waals surface area contributed by atoms with Gasteiger partial charge in [-0.3, -0.25) is 4.90 Å². The molecule has 1 aliphatic carbocycles. The second kappa shape index (κ2) is 5.25. The molecule has 0 amide bonds. The van der Waals surface area contributed by atoms with E-state index in [1.54, 1.807) is 0 Å². The van der Waals surface area contributed by atoms with Gasteiger partial charge in [-0.1, -0.05) is 19.3 Å². The Kier molecular flexibility index (Phi) is 3.69. The van der Waals surface area contributed by atoms with E-state index >= 15 is 0 Å². The van der Waals surface area contributed by atoms with Gasteiger partial charge in [0, 0.05) is 25.7 Å². The summed E-state index contributed by atoms with van der Waals surface area (Å²) in [6.45, 7) is 3.34. The van der Waals surface area contributed by atoms with Crippen molar-refractivity contribution in [3.05, 3.63) is 0 Å². The summed E-state index contributed by atoms with van der Waals surface area (Å²) in [6, 6.07) is 0.396. The fourth-order valence-electron chi connectivity index (χ4n) is 3.86. The molecule has 2 bridgehead atoms. The predicted octanol–water partition coefficient (Wildman–Crippen LogP) is 1.76. The third kappa shape index (κ3) is 2.83. The number of ether oxygens (including phenoxy) is 1. The van der Waals surface area contributed by atoms with Crippen molar-refractivity contribution in [2.45, 2.75) is 63.2 Å². The van der Waals surface area contributed by atoms with E-state index in [1.807, 2.05) is 0 Å². The van der Waals surface area contributed by atoms with Gasteiger partial charge in [-0.25, -0.2) is 0 Å². The molecule has 2 saturated heterocycles. The van der Waals surface area contributed by atoms with Crippen molar-refractivity contribution < 1.29 is 4.74 Å². The van der Waals surface area contributed by atoms with Crippen molar-refractivity contribution in [2.75, 3.05) is 19.6 Å². The van der Waals surface area contributed by atoms with Gasteiger partial charge >= 0.3 is 0 Å². The van der Waals surface area contributed by atoms with Crippen LogP contribution in [0.3, 0.4) is 0 Å². The fraction of sp³-hybridized carbons (Fsp3) is 1.00. The molecule has 0 aromatic heterocycles. The quantitative estimate of drug-likeness (QED) is 0.814. The summed E-state index contributed by atoms with van der Waals surface area (Å²) in [4.78, 5) is 2.56. The maximum atomic E-state index is 6.41. The van der Waals surface area contributed by atoms with Crippen LogP contribution in [-0.4, -0.2) is 42.8 Å². The molecule has 17 heavy (non-hydrogen) atoms. The fourth-order valence-corrected chi connectivity index (χ4v) is 3.86. The molecule has 0 spiro atoms. The zero-order valence-electron chi connectivity index (χ0n) is 10.8. The first-order valence-corrected chi connectivity index (χ1v) is 7.44. The van der Waals surface area contributed by atoms with Gasteiger partial charge in [-0.2, -0.15) is 0 Å². The van der Waals surface area contributed by atoms with Gasteiger partial charge in [0.25, 0.3) is 0 Å². The zero-order chi connectivity index (χ0) is 11.7. The Balaban J connectivity index is 1.49. The molecule has 98 valence electrons. The normalized spacial score (nSPS) is 37.2. The Morgan fingerprint density at radius 2 is 1.65 bits per heavy atom. The van der Waals surface area contributed by atoms with Crippen molar-refractivity contribution in [2.24, 2.45) is 11.7 Å².